The quantitative estimate of drug-likeness (QED) is 0.794. The first-order valence-electron chi connectivity index (χ1n) is 6.07. The average molecular weight is 301 g/mol. The molecule has 1 rings (SSSR count). The predicted octanol–water partition coefficient (Wildman–Crippen LogP) is 2.85. The molecule has 1 amide bonds. The summed E-state index contributed by atoms with van der Waals surface area (Å²) in [7, 11) is 0. The Kier molecular flexibility index (Phi) is 5.52. The minimum Gasteiger partial charge on any atom is -0.480 e. The third-order valence-corrected chi connectivity index (χ3v) is 2.71. The predicted molar refractivity (Wildman–Crippen MR) is 69.8 cm³/mol. The van der Waals surface area contributed by atoms with Gasteiger partial charge in [0.25, 0.3) is 5.91 Å². The molecule has 0 aromatic heterocycles. The first-order chi connectivity index (χ1) is 9.75. The maximum absolute atomic E-state index is 12.6. The number of aliphatic carboxylic acids is 1. The van der Waals surface area contributed by atoms with Crippen LogP contribution in [0.25, 0.3) is 0 Å². The zero-order chi connectivity index (χ0) is 16.0. The zero-order valence-corrected chi connectivity index (χ0v) is 11.0. The van der Waals surface area contributed by atoms with Crippen molar-refractivity contribution in [2.75, 3.05) is 0 Å². The topological polar surface area (TPSA) is 66.4 Å². The lowest BCUT2D eigenvalue weighted by atomic mass is 10.1. The maximum Gasteiger partial charge on any atom is 0.416 e. The molecule has 21 heavy (non-hydrogen) atoms. The number of halogens is 3. The van der Waals surface area contributed by atoms with Crippen LogP contribution in [0.3, 0.4) is 0 Å². The van der Waals surface area contributed by atoms with Gasteiger partial charge in [0.15, 0.2) is 0 Å². The van der Waals surface area contributed by atoms with E-state index >= 15 is 0 Å². The maximum atomic E-state index is 12.6. The van der Waals surface area contributed by atoms with E-state index in [1.165, 1.54) is 12.1 Å². The second kappa shape index (κ2) is 6.92. The number of rotatable bonds is 6. The van der Waals surface area contributed by atoms with Crippen molar-refractivity contribution < 1.29 is 27.9 Å². The van der Waals surface area contributed by atoms with Gasteiger partial charge in [0.2, 0.25) is 0 Å². The Morgan fingerprint density at radius 1 is 1.38 bits per heavy atom. The Balaban J connectivity index is 2.87. The van der Waals surface area contributed by atoms with E-state index < -0.39 is 29.7 Å². The van der Waals surface area contributed by atoms with Crippen LogP contribution in [0.5, 0.6) is 0 Å². The monoisotopic (exact) mass is 301 g/mol. The lowest BCUT2D eigenvalue weighted by Gasteiger charge is -2.14. The molecule has 0 spiro atoms. The van der Waals surface area contributed by atoms with Gasteiger partial charge in [0.1, 0.15) is 6.04 Å². The Labute approximate surface area is 119 Å². The van der Waals surface area contributed by atoms with Crippen LogP contribution in [0.4, 0.5) is 13.2 Å². The van der Waals surface area contributed by atoms with E-state index in [1.54, 1.807) is 0 Å². The van der Waals surface area contributed by atoms with E-state index in [0.29, 0.717) is 12.5 Å². The van der Waals surface area contributed by atoms with Crippen LogP contribution < -0.4 is 5.32 Å². The van der Waals surface area contributed by atoms with Crippen LogP contribution in [-0.4, -0.2) is 23.0 Å². The van der Waals surface area contributed by atoms with Crippen molar-refractivity contribution in [3.8, 4) is 0 Å². The molecule has 0 saturated heterocycles. The standard InChI is InChI=1S/C14H14F3NO3/c1-2-3-7-11(13(20)21)18-12(19)9-5-4-6-10(8-9)14(15,16)17/h2,4-6,8,11H,1,3,7H2,(H,18,19)(H,20,21)/t11-/m1/s1. The molecule has 1 aromatic carbocycles. The van der Waals surface area contributed by atoms with E-state index in [0.717, 1.165) is 12.1 Å². The van der Waals surface area contributed by atoms with Gasteiger partial charge >= 0.3 is 12.1 Å². The fourth-order valence-electron chi connectivity index (χ4n) is 1.62. The minimum atomic E-state index is -4.56. The van der Waals surface area contributed by atoms with Crippen molar-refractivity contribution in [1.82, 2.24) is 5.32 Å². The van der Waals surface area contributed by atoms with Crippen molar-refractivity contribution >= 4 is 11.9 Å². The van der Waals surface area contributed by atoms with E-state index in [4.69, 9.17) is 5.11 Å². The molecule has 0 aliphatic rings. The molecule has 0 aliphatic carbocycles. The number of carbonyl (C=O) groups is 2. The second-order valence-corrected chi connectivity index (χ2v) is 4.31. The molecule has 0 heterocycles. The summed E-state index contributed by atoms with van der Waals surface area (Å²) in [6.07, 6.45) is -2.60. The summed E-state index contributed by atoms with van der Waals surface area (Å²) in [6, 6.07) is 2.63. The fraction of sp³-hybridized carbons (Fsp3) is 0.286. The van der Waals surface area contributed by atoms with E-state index in [1.807, 2.05) is 0 Å². The van der Waals surface area contributed by atoms with Gasteiger partial charge in [-0.3, -0.25) is 4.79 Å². The highest BCUT2D eigenvalue weighted by atomic mass is 19.4. The molecule has 0 fully saturated rings. The van der Waals surface area contributed by atoms with Gasteiger partial charge in [-0.05, 0) is 31.0 Å². The molecule has 1 aromatic rings. The van der Waals surface area contributed by atoms with Crippen LogP contribution in [0.15, 0.2) is 36.9 Å². The first-order valence-corrected chi connectivity index (χ1v) is 6.07. The third-order valence-electron chi connectivity index (χ3n) is 2.71. The molecule has 7 heteroatoms. The minimum absolute atomic E-state index is 0.115. The number of alkyl halides is 3. The van der Waals surface area contributed by atoms with Crippen molar-refractivity contribution in [3.63, 3.8) is 0 Å². The Hall–Kier alpha value is -2.31. The highest BCUT2D eigenvalue weighted by Crippen LogP contribution is 2.29. The summed E-state index contributed by atoms with van der Waals surface area (Å²) in [4.78, 5) is 22.8. The zero-order valence-electron chi connectivity index (χ0n) is 11.0. The van der Waals surface area contributed by atoms with Crippen LogP contribution in [0.2, 0.25) is 0 Å². The highest BCUT2D eigenvalue weighted by molar-refractivity contribution is 5.96. The lowest BCUT2D eigenvalue weighted by molar-refractivity contribution is -0.139. The number of amides is 1. The van der Waals surface area contributed by atoms with E-state index in [-0.39, 0.29) is 12.0 Å². The molecule has 4 nitrogen and oxygen atoms in total. The van der Waals surface area contributed by atoms with Crippen LogP contribution in [0.1, 0.15) is 28.8 Å². The summed E-state index contributed by atoms with van der Waals surface area (Å²) < 4.78 is 37.7. The number of hydrogen-bond acceptors (Lipinski definition) is 2. The van der Waals surface area contributed by atoms with Gasteiger partial charge in [0, 0.05) is 5.56 Å². The molecule has 2 N–H and O–H groups in total. The molecule has 1 atom stereocenters. The van der Waals surface area contributed by atoms with Crippen molar-refractivity contribution in [2.45, 2.75) is 25.1 Å². The molecule has 0 aliphatic heterocycles. The van der Waals surface area contributed by atoms with E-state index in [9.17, 15) is 22.8 Å². The molecular formula is C14H14F3NO3. The Morgan fingerprint density at radius 2 is 2.05 bits per heavy atom. The number of carboxylic acid groups (broad SMARTS) is 1. The summed E-state index contributed by atoms with van der Waals surface area (Å²) in [5.74, 6) is -2.12. The Bertz CT molecular complexity index is 541. The largest absolute Gasteiger partial charge is 0.480 e. The van der Waals surface area contributed by atoms with Crippen LogP contribution >= 0.6 is 0 Å². The van der Waals surface area contributed by atoms with Gasteiger partial charge in [-0.1, -0.05) is 12.1 Å². The number of hydrogen-bond donors (Lipinski definition) is 2. The van der Waals surface area contributed by atoms with Crippen molar-refractivity contribution in [1.29, 1.82) is 0 Å². The molecule has 0 bridgehead atoms. The molecule has 114 valence electrons. The third kappa shape index (κ3) is 4.94. The average Bonchev–Trinajstić information content (AvgIpc) is 2.42. The van der Waals surface area contributed by atoms with E-state index in [2.05, 4.69) is 11.9 Å². The second-order valence-electron chi connectivity index (χ2n) is 4.31. The summed E-state index contributed by atoms with van der Waals surface area (Å²) >= 11 is 0. The number of allylic oxidation sites excluding steroid dienone is 1. The molecule has 0 saturated carbocycles. The lowest BCUT2D eigenvalue weighted by Crippen LogP contribution is -2.40. The number of benzene rings is 1. The van der Waals surface area contributed by atoms with Gasteiger partial charge in [0.05, 0.1) is 5.56 Å². The SMILES string of the molecule is C=CCC[C@@H](NC(=O)c1cccc(C(F)(F)F)c1)C(=O)O. The number of carbonyl (C=O) groups excluding carboxylic acids is 1. The summed E-state index contributed by atoms with van der Waals surface area (Å²) in [5, 5.41) is 11.1. The van der Waals surface area contributed by atoms with Gasteiger partial charge in [-0.2, -0.15) is 13.2 Å². The van der Waals surface area contributed by atoms with Gasteiger partial charge in [-0.25, -0.2) is 4.79 Å². The summed E-state index contributed by atoms with van der Waals surface area (Å²) in [6.45, 7) is 3.44. The number of nitrogens with one attached hydrogen (secondary N) is 1. The van der Waals surface area contributed by atoms with Crippen LogP contribution in [-0.2, 0) is 11.0 Å². The molecule has 0 unspecified atom stereocenters. The highest BCUT2D eigenvalue weighted by Gasteiger charge is 2.31. The van der Waals surface area contributed by atoms with Gasteiger partial charge in [-0.15, -0.1) is 6.58 Å². The molecular weight excluding hydrogens is 287 g/mol. The normalized spacial score (nSPS) is 12.5. The first kappa shape index (κ1) is 16.7. The summed E-state index contributed by atoms with van der Waals surface area (Å²) in [5.41, 5.74) is -1.21. The van der Waals surface area contributed by atoms with Crippen LogP contribution in [0, 0.1) is 0 Å². The molecule has 0 radical (unpaired) electrons. The Morgan fingerprint density at radius 3 is 2.57 bits per heavy atom. The number of carboxylic acids is 1. The van der Waals surface area contributed by atoms with Crippen molar-refractivity contribution in [3.05, 3.63) is 48.0 Å². The van der Waals surface area contributed by atoms with Gasteiger partial charge < -0.3 is 10.4 Å². The van der Waals surface area contributed by atoms with Crippen molar-refractivity contribution in [2.24, 2.45) is 0 Å². The smallest absolute Gasteiger partial charge is 0.416 e. The fourth-order valence-corrected chi connectivity index (χ4v) is 1.62.